The number of hydrogen-bond acceptors (Lipinski definition) is 13. The number of carbonyl (C=O) groups is 2. The number of rotatable bonds is 16. The number of fused-ring (bicyclic) bond motifs is 3. The molecule has 2 aromatic carbocycles. The number of H-pyrrole nitrogens is 1. The van der Waals surface area contributed by atoms with Gasteiger partial charge in [0.05, 0.1) is 30.2 Å². The molecule has 1 saturated heterocycles. The molecule has 7 rings (SSSR count). The van der Waals surface area contributed by atoms with Gasteiger partial charge in [-0.25, -0.2) is 18.3 Å². The van der Waals surface area contributed by atoms with E-state index in [4.69, 9.17) is 24.8 Å². The van der Waals surface area contributed by atoms with Crippen molar-refractivity contribution in [1.82, 2.24) is 24.8 Å². The summed E-state index contributed by atoms with van der Waals surface area (Å²) < 4.78 is 56.5. The third kappa shape index (κ3) is 12.1. The summed E-state index contributed by atoms with van der Waals surface area (Å²) in [7, 11) is -6.87. The van der Waals surface area contributed by atoms with Crippen LogP contribution in [-0.4, -0.2) is 122 Å². The average molecular weight is 1040 g/mol. The van der Waals surface area contributed by atoms with E-state index in [2.05, 4.69) is 95.5 Å². The Labute approximate surface area is 408 Å². The number of anilines is 2. The second kappa shape index (κ2) is 20.7. The minimum absolute atomic E-state index is 0.0729. The van der Waals surface area contributed by atoms with Crippen LogP contribution in [0.4, 0.5) is 11.6 Å². The number of nitrogens with two attached hydrogens (primary N) is 1. The van der Waals surface area contributed by atoms with Crippen molar-refractivity contribution in [2.75, 3.05) is 65.6 Å². The zero-order chi connectivity index (χ0) is 51.8. The van der Waals surface area contributed by atoms with Gasteiger partial charge in [0, 0.05) is 69.1 Å². The molecule has 3 aliphatic rings. The minimum atomic E-state index is -5.71. The van der Waals surface area contributed by atoms with Gasteiger partial charge in [-0.1, -0.05) is 50.0 Å². The van der Waals surface area contributed by atoms with Crippen molar-refractivity contribution in [3.05, 3.63) is 116 Å². The van der Waals surface area contributed by atoms with Gasteiger partial charge in [0.2, 0.25) is 11.9 Å². The largest absolute Gasteiger partial charge is 0.490 e. The topological polar surface area (TPSA) is 301 Å². The van der Waals surface area contributed by atoms with Crippen molar-refractivity contribution in [1.29, 1.82) is 0 Å². The van der Waals surface area contributed by atoms with Gasteiger partial charge in [-0.05, 0) is 76.9 Å². The van der Waals surface area contributed by atoms with E-state index in [1.807, 2.05) is 52.5 Å². The first-order valence-electron chi connectivity index (χ1n) is 22.2. The molecule has 4 aromatic rings. The molecule has 1 aliphatic heterocycles. The van der Waals surface area contributed by atoms with E-state index >= 15 is 0 Å². The van der Waals surface area contributed by atoms with Gasteiger partial charge in [-0.15, -0.1) is 0 Å². The Morgan fingerprint density at radius 3 is 2.46 bits per heavy atom. The van der Waals surface area contributed by atoms with Crippen LogP contribution in [0.15, 0.2) is 82.8 Å². The summed E-state index contributed by atoms with van der Waals surface area (Å²) >= 11 is 0. The smallest absolute Gasteiger partial charge is 0.378 e. The number of benzene rings is 2. The lowest BCUT2D eigenvalue weighted by Gasteiger charge is -2.39. The third-order valence-electron chi connectivity index (χ3n) is 12.1. The molecule has 3 heterocycles. The minimum Gasteiger partial charge on any atom is -0.378 e. The molecule has 378 valence electrons. The van der Waals surface area contributed by atoms with Crippen LogP contribution in [0.3, 0.4) is 0 Å². The molecule has 71 heavy (non-hydrogen) atoms. The highest BCUT2D eigenvalue weighted by atomic mass is 31.3. The molecule has 25 heteroatoms. The van der Waals surface area contributed by atoms with Crippen molar-refractivity contribution in [2.24, 2.45) is 0 Å². The van der Waals surface area contributed by atoms with Gasteiger partial charge >= 0.3 is 23.5 Å². The van der Waals surface area contributed by atoms with E-state index in [0.29, 0.717) is 18.5 Å². The summed E-state index contributed by atoms with van der Waals surface area (Å²) in [6.07, 6.45) is 7.18. The zero-order valence-electron chi connectivity index (χ0n) is 40.0. The number of amides is 2. The van der Waals surface area contributed by atoms with Gasteiger partial charge in [0.15, 0.2) is 11.4 Å². The van der Waals surface area contributed by atoms with Gasteiger partial charge in [-0.2, -0.15) is 13.6 Å². The van der Waals surface area contributed by atoms with E-state index in [-0.39, 0.29) is 65.6 Å². The molecule has 2 aliphatic carbocycles. The number of hydrogen-bond donors (Lipinski definition) is 7. The Hall–Kier alpha value is -5.78. The summed E-state index contributed by atoms with van der Waals surface area (Å²) in [5.41, 5.74) is 14.1. The lowest BCUT2D eigenvalue weighted by molar-refractivity contribution is -0.462. The highest BCUT2D eigenvalue weighted by Gasteiger charge is 2.42. The maximum Gasteiger partial charge on any atom is 0.490 e. The zero-order valence-corrected chi connectivity index (χ0v) is 42.7. The van der Waals surface area contributed by atoms with Crippen molar-refractivity contribution >= 4 is 69.2 Å². The molecule has 8 N–H and O–H groups in total. The van der Waals surface area contributed by atoms with Gasteiger partial charge in [-0.3, -0.25) is 23.9 Å². The predicted molar refractivity (Wildman–Crippen MR) is 264 cm³/mol. The van der Waals surface area contributed by atoms with Crippen LogP contribution in [0.5, 0.6) is 0 Å². The molecule has 1 fully saturated rings. The Bertz CT molecular complexity index is 3210. The van der Waals surface area contributed by atoms with Crippen molar-refractivity contribution < 1.29 is 65.3 Å². The van der Waals surface area contributed by atoms with Crippen LogP contribution in [-0.2, 0) is 41.8 Å². The Morgan fingerprint density at radius 1 is 1.03 bits per heavy atom. The van der Waals surface area contributed by atoms with E-state index in [9.17, 15) is 37.9 Å². The summed E-state index contributed by atoms with van der Waals surface area (Å²) in [6.45, 7) is 4.02. The van der Waals surface area contributed by atoms with E-state index in [1.165, 1.54) is 10.8 Å². The summed E-state index contributed by atoms with van der Waals surface area (Å²) in [6, 6.07) is 14.1. The molecule has 22 nitrogen and oxygen atoms in total. The number of aromatic amines is 1. The van der Waals surface area contributed by atoms with Crippen molar-refractivity contribution in [3.8, 4) is 11.8 Å². The molecule has 2 unspecified atom stereocenters. The quantitative estimate of drug-likeness (QED) is 0.0454. The number of carbonyl (C=O) groups excluding carboxylic acids is 2. The van der Waals surface area contributed by atoms with Gasteiger partial charge in [0.1, 0.15) is 20.3 Å². The standard InChI is InChI=1S/C46H55N8O14P3/c1-46(2)36-24-29(51(3)4)16-19-34(36)41(35-20-17-30(52(5)6)25-37(35)46)32-13-8-9-14-33(32)44(57)53(7)23-11-15-38(55)48-22-10-12-28-26-54(42-40(28)43(56)50-45(47)49-42)39-21-18-31(66-39)27-65-70(61,62)68-71(63,64)67-69(58,59)60/h8-9,13-14,16-17,19-20,24-26,31,39H,11,15,18,21-23,27H2,1-7H3,(H7-,47,48,49,50,55,56,58,59,60,61,62,63,64)/p+1/t31-,39+/m0/s1. The highest BCUT2D eigenvalue weighted by molar-refractivity contribution is 7.66. The number of aromatic nitrogens is 3. The van der Waals surface area contributed by atoms with Gasteiger partial charge < -0.3 is 49.7 Å². The normalized spacial score (nSPS) is 18.9. The fraction of sp³-hybridized carbons (Fsp3) is 0.370. The first-order chi connectivity index (χ1) is 33.2. The molecule has 2 amide bonds. The second-order valence-corrected chi connectivity index (χ2v) is 22.4. The molecule has 0 saturated carbocycles. The third-order valence-corrected chi connectivity index (χ3v) is 15.9. The number of nitrogens with zero attached hydrogens (tertiary/aromatic N) is 5. The molecular weight excluding hydrogens is 981 g/mol. The number of phosphoric ester groups is 1. The van der Waals surface area contributed by atoms with E-state index in [0.717, 1.165) is 44.8 Å². The van der Waals surface area contributed by atoms with Crippen LogP contribution >= 0.6 is 23.5 Å². The maximum absolute atomic E-state index is 14.3. The lowest BCUT2D eigenvalue weighted by Crippen LogP contribution is -2.32. The number of ether oxygens (including phenoxy) is 1. The highest BCUT2D eigenvalue weighted by Crippen LogP contribution is 2.66. The Morgan fingerprint density at radius 2 is 1.76 bits per heavy atom. The first-order valence-corrected chi connectivity index (χ1v) is 26.7. The van der Waals surface area contributed by atoms with Crippen LogP contribution < -0.4 is 21.5 Å². The molecule has 0 bridgehead atoms. The number of nitrogens with one attached hydrogen (secondary N) is 2. The molecule has 0 spiro atoms. The fourth-order valence-electron chi connectivity index (χ4n) is 8.70. The Balaban J connectivity index is 0.987. The van der Waals surface area contributed by atoms with Crippen LogP contribution in [0, 0.1) is 11.8 Å². The van der Waals surface area contributed by atoms with Crippen molar-refractivity contribution in [3.63, 3.8) is 0 Å². The number of phosphoric acid groups is 3. The maximum atomic E-state index is 14.3. The number of nitrogen functional groups attached to an aromatic ring is 1. The van der Waals surface area contributed by atoms with E-state index in [1.54, 1.807) is 11.9 Å². The van der Waals surface area contributed by atoms with Crippen LogP contribution in [0.2, 0.25) is 0 Å². The van der Waals surface area contributed by atoms with Crippen LogP contribution in [0.1, 0.15) is 78.4 Å². The first kappa shape index (κ1) is 53.0. The second-order valence-electron chi connectivity index (χ2n) is 18.0. The fourth-order valence-corrected chi connectivity index (χ4v) is 11.7. The van der Waals surface area contributed by atoms with E-state index < -0.39 is 48.0 Å². The average Bonchev–Trinajstić information content (AvgIpc) is 3.90. The monoisotopic (exact) mass is 1040 g/mol. The SMILES string of the molecule is CN(CCCC(=O)NCC#Cc1cn([C@H]2CC[C@@H](COP(=O)(O)OP(=O)(O)OP(=O)(O)O)O2)c2nc(N)[nH]c(=O)c12)C(=O)c1ccccc1C1=C2C=CC(=[N+](C)C)C=C2C(C)(C)c2cc(N(C)C)ccc21. The molecule has 4 atom stereocenters. The molecule has 0 radical (unpaired) electrons. The lowest BCUT2D eigenvalue weighted by atomic mass is 9.64. The number of allylic oxidation sites excluding steroid dienone is 5. The summed E-state index contributed by atoms with van der Waals surface area (Å²) in [5.74, 6) is 5.04. The van der Waals surface area contributed by atoms with Crippen molar-refractivity contribution in [2.45, 2.75) is 57.3 Å². The Kier molecular flexibility index (Phi) is 15.5. The molecular formula is C46H56N8O14P3+. The predicted octanol–water partition coefficient (Wildman–Crippen LogP) is 4.72. The summed E-state index contributed by atoms with van der Waals surface area (Å²) in [4.78, 5) is 87.5. The van der Waals surface area contributed by atoms with Crippen LogP contribution in [0.25, 0.3) is 16.6 Å². The molecule has 2 aromatic heterocycles. The summed E-state index contributed by atoms with van der Waals surface area (Å²) in [5, 5.41) is 2.82. The van der Waals surface area contributed by atoms with Gasteiger partial charge in [0.25, 0.3) is 11.5 Å².